The Kier molecular flexibility index (Phi) is 5.98. The summed E-state index contributed by atoms with van der Waals surface area (Å²) in [5, 5.41) is 4.04. The van der Waals surface area contributed by atoms with Crippen LogP contribution in [0.1, 0.15) is 12.8 Å². The fraction of sp³-hybridized carbons (Fsp3) is 0.167. The van der Waals surface area contributed by atoms with Crippen LogP contribution in [0.4, 0.5) is 11.4 Å². The molecule has 0 saturated carbocycles. The lowest BCUT2D eigenvalue weighted by Crippen LogP contribution is -2.37. The van der Waals surface area contributed by atoms with Gasteiger partial charge in [0, 0.05) is 17.9 Å². The van der Waals surface area contributed by atoms with Crippen LogP contribution in [0.2, 0.25) is 0 Å². The molecule has 0 aliphatic carbocycles. The van der Waals surface area contributed by atoms with Gasteiger partial charge in [0.25, 0.3) is 0 Å². The molecule has 3 heteroatoms. The average molecular weight is 296 g/mol. The number of hydrogen-bond donors (Lipinski definition) is 1. The van der Waals surface area contributed by atoms with E-state index in [2.05, 4.69) is 41.1 Å². The number of benzene rings is 2. The maximum absolute atomic E-state index is 5.58. The van der Waals surface area contributed by atoms with E-state index in [-0.39, 0.29) is 0 Å². The van der Waals surface area contributed by atoms with Crippen LogP contribution in [0.15, 0.2) is 73.3 Å². The third-order valence-electron chi connectivity index (χ3n) is 3.09. The van der Waals surface area contributed by atoms with Gasteiger partial charge in [-0.25, -0.2) is 0 Å². The maximum atomic E-state index is 5.58. The van der Waals surface area contributed by atoms with Gasteiger partial charge in [-0.2, -0.15) is 0 Å². The van der Waals surface area contributed by atoms with Gasteiger partial charge in [0.2, 0.25) is 0 Å². The standard InChI is InChI=1S/C18H20N2S/c1-2-3-10-15-19-18(21)20(16-11-6-4-7-12-16)17-13-8-5-9-14-17/h2,4-9,11-14H,1,3,10,15H2,(H,19,21). The maximum Gasteiger partial charge on any atom is 0.178 e. The smallest absolute Gasteiger partial charge is 0.178 e. The molecule has 0 aliphatic heterocycles. The van der Waals surface area contributed by atoms with Gasteiger partial charge in [0.05, 0.1) is 0 Å². The molecule has 0 amide bonds. The fourth-order valence-corrected chi connectivity index (χ4v) is 2.37. The van der Waals surface area contributed by atoms with Gasteiger partial charge in [-0.1, -0.05) is 42.5 Å². The van der Waals surface area contributed by atoms with Crippen LogP contribution in [0.25, 0.3) is 0 Å². The molecule has 0 saturated heterocycles. The van der Waals surface area contributed by atoms with Crippen molar-refractivity contribution in [3.05, 3.63) is 73.3 Å². The highest BCUT2D eigenvalue weighted by Gasteiger charge is 2.13. The second kappa shape index (κ2) is 8.22. The van der Waals surface area contributed by atoms with Crippen LogP contribution in [0.5, 0.6) is 0 Å². The summed E-state index contributed by atoms with van der Waals surface area (Å²) in [5.74, 6) is 0. The zero-order chi connectivity index (χ0) is 14.9. The highest BCUT2D eigenvalue weighted by atomic mass is 32.1. The molecule has 0 atom stereocenters. The molecular formula is C18H20N2S. The fourth-order valence-electron chi connectivity index (χ4n) is 2.06. The normalized spacial score (nSPS) is 9.90. The van der Waals surface area contributed by atoms with Crippen LogP contribution in [-0.4, -0.2) is 11.7 Å². The molecule has 0 fully saturated rings. The van der Waals surface area contributed by atoms with Crippen LogP contribution in [-0.2, 0) is 0 Å². The number of rotatable bonds is 6. The zero-order valence-corrected chi connectivity index (χ0v) is 12.9. The summed E-state index contributed by atoms with van der Waals surface area (Å²) in [5.41, 5.74) is 2.12. The monoisotopic (exact) mass is 296 g/mol. The van der Waals surface area contributed by atoms with E-state index in [1.807, 2.05) is 42.5 Å². The first-order valence-electron chi connectivity index (χ1n) is 7.12. The van der Waals surface area contributed by atoms with Crippen molar-refractivity contribution in [3.8, 4) is 0 Å². The SMILES string of the molecule is C=CCCCNC(=S)N(c1ccccc1)c1ccccc1. The molecule has 2 nitrogen and oxygen atoms in total. The Bertz CT molecular complexity index is 527. The van der Waals surface area contributed by atoms with Crippen molar-refractivity contribution in [2.24, 2.45) is 0 Å². The lowest BCUT2D eigenvalue weighted by atomic mass is 10.2. The van der Waals surface area contributed by atoms with E-state index in [9.17, 15) is 0 Å². The Morgan fingerprint density at radius 2 is 1.52 bits per heavy atom. The molecule has 0 aliphatic rings. The summed E-state index contributed by atoms with van der Waals surface area (Å²) < 4.78 is 0. The summed E-state index contributed by atoms with van der Waals surface area (Å²) in [6, 6.07) is 20.3. The highest BCUT2D eigenvalue weighted by molar-refractivity contribution is 7.80. The van der Waals surface area contributed by atoms with Crippen LogP contribution < -0.4 is 10.2 Å². The van der Waals surface area contributed by atoms with Gasteiger partial charge in [0.1, 0.15) is 0 Å². The summed E-state index contributed by atoms with van der Waals surface area (Å²) in [4.78, 5) is 2.06. The summed E-state index contributed by atoms with van der Waals surface area (Å²) in [6.07, 6.45) is 3.95. The molecule has 1 N–H and O–H groups in total. The highest BCUT2D eigenvalue weighted by Crippen LogP contribution is 2.24. The average Bonchev–Trinajstić information content (AvgIpc) is 2.54. The predicted molar refractivity (Wildman–Crippen MR) is 95.1 cm³/mol. The van der Waals surface area contributed by atoms with Gasteiger partial charge in [0.15, 0.2) is 5.11 Å². The minimum atomic E-state index is 0.719. The number of anilines is 2. The van der Waals surface area contributed by atoms with E-state index in [0.717, 1.165) is 35.9 Å². The number of allylic oxidation sites excluding steroid dienone is 1. The van der Waals surface area contributed by atoms with E-state index in [1.165, 1.54) is 0 Å². The van der Waals surface area contributed by atoms with Crippen molar-refractivity contribution in [2.75, 3.05) is 11.4 Å². The Balaban J connectivity index is 2.17. The van der Waals surface area contributed by atoms with E-state index in [4.69, 9.17) is 12.2 Å². The lowest BCUT2D eigenvalue weighted by molar-refractivity contribution is 0.789. The molecule has 0 heterocycles. The van der Waals surface area contributed by atoms with Gasteiger partial charge < -0.3 is 5.32 Å². The van der Waals surface area contributed by atoms with E-state index < -0.39 is 0 Å². The van der Waals surface area contributed by atoms with Crippen molar-refractivity contribution in [3.63, 3.8) is 0 Å². The molecule has 2 rings (SSSR count). The zero-order valence-electron chi connectivity index (χ0n) is 12.0. The van der Waals surface area contributed by atoms with Crippen LogP contribution in [0, 0.1) is 0 Å². The molecule has 0 radical (unpaired) electrons. The topological polar surface area (TPSA) is 15.3 Å². The number of nitrogens with one attached hydrogen (secondary N) is 1. The van der Waals surface area contributed by atoms with E-state index >= 15 is 0 Å². The number of para-hydroxylation sites is 2. The first-order valence-corrected chi connectivity index (χ1v) is 7.52. The van der Waals surface area contributed by atoms with Crippen molar-refractivity contribution in [1.82, 2.24) is 5.32 Å². The summed E-state index contributed by atoms with van der Waals surface area (Å²) >= 11 is 5.58. The molecule has 0 aromatic heterocycles. The van der Waals surface area contributed by atoms with Crippen molar-refractivity contribution >= 4 is 28.7 Å². The van der Waals surface area contributed by atoms with Crippen molar-refractivity contribution < 1.29 is 0 Å². The van der Waals surface area contributed by atoms with Gasteiger partial charge in [-0.05, 0) is 49.3 Å². The second-order valence-corrected chi connectivity index (χ2v) is 5.06. The first-order chi connectivity index (χ1) is 10.3. The number of nitrogens with zero attached hydrogens (tertiary/aromatic N) is 1. The third kappa shape index (κ3) is 4.43. The molecule has 0 spiro atoms. The summed E-state index contributed by atoms with van der Waals surface area (Å²) in [6.45, 7) is 4.58. The Labute approximate surface area is 132 Å². The molecule has 2 aromatic carbocycles. The largest absolute Gasteiger partial charge is 0.362 e. The van der Waals surface area contributed by atoms with Crippen LogP contribution in [0.3, 0.4) is 0 Å². The second-order valence-electron chi connectivity index (χ2n) is 4.67. The molecule has 2 aromatic rings. The molecule has 108 valence electrons. The quantitative estimate of drug-likeness (QED) is 0.474. The van der Waals surface area contributed by atoms with Gasteiger partial charge >= 0.3 is 0 Å². The van der Waals surface area contributed by atoms with Crippen LogP contribution >= 0.6 is 12.2 Å². The predicted octanol–water partition coefficient (Wildman–Crippen LogP) is 4.67. The van der Waals surface area contributed by atoms with Gasteiger partial charge in [-0.15, -0.1) is 6.58 Å². The number of thiocarbonyl (C=S) groups is 1. The molecule has 0 unspecified atom stereocenters. The first kappa shape index (κ1) is 15.3. The third-order valence-corrected chi connectivity index (χ3v) is 3.42. The summed E-state index contributed by atoms with van der Waals surface area (Å²) in [7, 11) is 0. The minimum Gasteiger partial charge on any atom is -0.362 e. The van der Waals surface area contributed by atoms with E-state index in [0.29, 0.717) is 0 Å². The number of hydrogen-bond acceptors (Lipinski definition) is 1. The van der Waals surface area contributed by atoms with Gasteiger partial charge in [-0.3, -0.25) is 4.90 Å². The Morgan fingerprint density at radius 1 is 1.00 bits per heavy atom. The van der Waals surface area contributed by atoms with Crippen molar-refractivity contribution in [2.45, 2.75) is 12.8 Å². The molecule has 21 heavy (non-hydrogen) atoms. The molecule has 0 bridgehead atoms. The Hall–Kier alpha value is -2.13. The molecular weight excluding hydrogens is 276 g/mol. The number of unbranched alkanes of at least 4 members (excludes halogenated alkanes) is 1. The Morgan fingerprint density at radius 3 is 2.00 bits per heavy atom. The van der Waals surface area contributed by atoms with Crippen molar-refractivity contribution in [1.29, 1.82) is 0 Å². The minimum absolute atomic E-state index is 0.719. The lowest BCUT2D eigenvalue weighted by Gasteiger charge is -2.26. The van der Waals surface area contributed by atoms with E-state index in [1.54, 1.807) is 0 Å².